The predicted molar refractivity (Wildman–Crippen MR) is 79.5 cm³/mol. The Labute approximate surface area is 121 Å². The molecule has 0 fully saturated rings. The largest absolute Gasteiger partial charge is 0.394 e. The summed E-state index contributed by atoms with van der Waals surface area (Å²) in [5.41, 5.74) is 1.77. The zero-order valence-electron chi connectivity index (χ0n) is 12.8. The molecule has 0 aromatic heterocycles. The van der Waals surface area contributed by atoms with E-state index in [9.17, 15) is 9.90 Å². The SMILES string of the molecule is CCc1ccc(C(CO)NC(=O)COC(C)(C)C)cc1. The number of benzene rings is 1. The highest BCUT2D eigenvalue weighted by Gasteiger charge is 2.16. The van der Waals surface area contributed by atoms with E-state index < -0.39 is 6.04 Å². The van der Waals surface area contributed by atoms with Crippen molar-refractivity contribution in [3.05, 3.63) is 35.4 Å². The Bertz CT molecular complexity index is 420. The van der Waals surface area contributed by atoms with Crippen molar-refractivity contribution < 1.29 is 14.6 Å². The molecule has 0 aliphatic carbocycles. The lowest BCUT2D eigenvalue weighted by Gasteiger charge is -2.21. The standard InChI is InChI=1S/C16H25NO3/c1-5-12-6-8-13(9-7-12)14(10-18)17-15(19)11-20-16(2,3)4/h6-9,14,18H,5,10-11H2,1-4H3,(H,17,19). The molecule has 4 nitrogen and oxygen atoms in total. The smallest absolute Gasteiger partial charge is 0.246 e. The van der Waals surface area contributed by atoms with E-state index in [1.807, 2.05) is 45.0 Å². The first-order valence-electron chi connectivity index (χ1n) is 6.98. The van der Waals surface area contributed by atoms with Gasteiger partial charge in [-0.05, 0) is 38.3 Å². The number of aliphatic hydroxyl groups is 1. The first kappa shape index (κ1) is 16.7. The third-order valence-electron chi connectivity index (χ3n) is 2.94. The highest BCUT2D eigenvalue weighted by Crippen LogP contribution is 2.14. The van der Waals surface area contributed by atoms with Crippen molar-refractivity contribution in [1.29, 1.82) is 0 Å². The maximum Gasteiger partial charge on any atom is 0.246 e. The molecule has 0 aliphatic rings. The van der Waals surface area contributed by atoms with Gasteiger partial charge in [-0.2, -0.15) is 0 Å². The molecule has 0 radical (unpaired) electrons. The first-order chi connectivity index (χ1) is 9.35. The lowest BCUT2D eigenvalue weighted by molar-refractivity contribution is -0.131. The molecule has 0 saturated carbocycles. The van der Waals surface area contributed by atoms with Crippen LogP contribution >= 0.6 is 0 Å². The molecule has 4 heteroatoms. The second kappa shape index (κ2) is 7.41. The second-order valence-corrected chi connectivity index (χ2v) is 5.80. The van der Waals surface area contributed by atoms with E-state index in [4.69, 9.17) is 4.74 Å². The summed E-state index contributed by atoms with van der Waals surface area (Å²) >= 11 is 0. The van der Waals surface area contributed by atoms with E-state index in [-0.39, 0.29) is 24.7 Å². The van der Waals surface area contributed by atoms with Gasteiger partial charge in [0.2, 0.25) is 5.91 Å². The van der Waals surface area contributed by atoms with E-state index in [0.717, 1.165) is 12.0 Å². The van der Waals surface area contributed by atoms with E-state index >= 15 is 0 Å². The summed E-state index contributed by atoms with van der Waals surface area (Å²) in [4.78, 5) is 11.8. The fourth-order valence-corrected chi connectivity index (χ4v) is 1.74. The molecule has 0 saturated heterocycles. The van der Waals surface area contributed by atoms with Crippen LogP contribution in [-0.4, -0.2) is 29.8 Å². The van der Waals surface area contributed by atoms with E-state index in [2.05, 4.69) is 12.2 Å². The number of amides is 1. The maximum absolute atomic E-state index is 11.8. The van der Waals surface area contributed by atoms with Gasteiger partial charge in [0.25, 0.3) is 0 Å². The van der Waals surface area contributed by atoms with Crippen LogP contribution in [0.2, 0.25) is 0 Å². The van der Waals surface area contributed by atoms with Crippen molar-refractivity contribution in [3.8, 4) is 0 Å². The third kappa shape index (κ3) is 5.72. The molecule has 112 valence electrons. The van der Waals surface area contributed by atoms with Gasteiger partial charge >= 0.3 is 0 Å². The molecule has 0 bridgehead atoms. The molecular weight excluding hydrogens is 254 g/mol. The molecule has 1 atom stereocenters. The average molecular weight is 279 g/mol. The molecule has 20 heavy (non-hydrogen) atoms. The Kier molecular flexibility index (Phi) is 6.17. The number of hydrogen-bond donors (Lipinski definition) is 2. The maximum atomic E-state index is 11.8. The minimum atomic E-state index is -0.392. The van der Waals surface area contributed by atoms with Crippen molar-refractivity contribution >= 4 is 5.91 Å². The summed E-state index contributed by atoms with van der Waals surface area (Å²) in [6, 6.07) is 7.50. The number of rotatable bonds is 6. The Hall–Kier alpha value is -1.39. The summed E-state index contributed by atoms with van der Waals surface area (Å²) in [5, 5.41) is 12.2. The number of aryl methyl sites for hydroxylation is 1. The van der Waals surface area contributed by atoms with Gasteiger partial charge in [-0.1, -0.05) is 31.2 Å². The molecule has 1 rings (SSSR count). The van der Waals surface area contributed by atoms with Crippen molar-refractivity contribution in [1.82, 2.24) is 5.32 Å². The number of nitrogens with one attached hydrogen (secondary N) is 1. The number of carbonyl (C=O) groups excluding carboxylic acids is 1. The fraction of sp³-hybridized carbons (Fsp3) is 0.562. The lowest BCUT2D eigenvalue weighted by Crippen LogP contribution is -2.36. The number of carbonyl (C=O) groups is 1. The zero-order chi connectivity index (χ0) is 15.2. The van der Waals surface area contributed by atoms with E-state index in [1.54, 1.807) is 0 Å². The summed E-state index contributed by atoms with van der Waals surface area (Å²) in [7, 11) is 0. The minimum Gasteiger partial charge on any atom is -0.394 e. The molecular formula is C16H25NO3. The number of aliphatic hydroxyl groups excluding tert-OH is 1. The number of hydrogen-bond acceptors (Lipinski definition) is 3. The third-order valence-corrected chi connectivity index (χ3v) is 2.94. The predicted octanol–water partition coefficient (Wildman–Crippen LogP) is 2.21. The zero-order valence-corrected chi connectivity index (χ0v) is 12.8. The number of ether oxygens (including phenoxy) is 1. The molecule has 1 aromatic carbocycles. The molecule has 1 amide bonds. The summed E-state index contributed by atoms with van der Waals surface area (Å²) in [6.45, 7) is 7.64. The van der Waals surface area contributed by atoms with Gasteiger partial charge < -0.3 is 15.2 Å². The molecule has 0 spiro atoms. The topological polar surface area (TPSA) is 58.6 Å². The average Bonchev–Trinajstić information content (AvgIpc) is 2.42. The van der Waals surface area contributed by atoms with Gasteiger partial charge in [0.05, 0.1) is 18.2 Å². The van der Waals surface area contributed by atoms with Gasteiger partial charge in [-0.3, -0.25) is 4.79 Å². The first-order valence-corrected chi connectivity index (χ1v) is 6.98. The normalized spacial score (nSPS) is 13.1. The van der Waals surface area contributed by atoms with Gasteiger partial charge in [-0.15, -0.1) is 0 Å². The van der Waals surface area contributed by atoms with Crippen molar-refractivity contribution in [2.75, 3.05) is 13.2 Å². The van der Waals surface area contributed by atoms with Crippen molar-refractivity contribution in [2.45, 2.75) is 45.8 Å². The molecule has 0 heterocycles. The van der Waals surface area contributed by atoms with Crippen LogP contribution in [0.3, 0.4) is 0 Å². The molecule has 0 aliphatic heterocycles. The van der Waals surface area contributed by atoms with Crippen LogP contribution in [0.15, 0.2) is 24.3 Å². The highest BCUT2D eigenvalue weighted by molar-refractivity contribution is 5.77. The van der Waals surface area contributed by atoms with Crippen molar-refractivity contribution in [3.63, 3.8) is 0 Å². The van der Waals surface area contributed by atoms with Gasteiger partial charge in [0.15, 0.2) is 0 Å². The lowest BCUT2D eigenvalue weighted by atomic mass is 10.0. The monoisotopic (exact) mass is 279 g/mol. The molecule has 1 aromatic rings. The van der Waals surface area contributed by atoms with Crippen molar-refractivity contribution in [2.24, 2.45) is 0 Å². The Morgan fingerprint density at radius 3 is 2.35 bits per heavy atom. The summed E-state index contributed by atoms with van der Waals surface area (Å²) in [6.07, 6.45) is 0.968. The van der Waals surface area contributed by atoms with Gasteiger partial charge in [-0.25, -0.2) is 0 Å². The van der Waals surface area contributed by atoms with Crippen LogP contribution in [0.4, 0.5) is 0 Å². The highest BCUT2D eigenvalue weighted by atomic mass is 16.5. The van der Waals surface area contributed by atoms with Crippen LogP contribution in [0.1, 0.15) is 44.9 Å². The van der Waals surface area contributed by atoms with E-state index in [1.165, 1.54) is 5.56 Å². The molecule has 1 unspecified atom stereocenters. The van der Waals surface area contributed by atoms with Crippen LogP contribution < -0.4 is 5.32 Å². The van der Waals surface area contributed by atoms with E-state index in [0.29, 0.717) is 0 Å². The Morgan fingerprint density at radius 1 is 1.30 bits per heavy atom. The van der Waals surface area contributed by atoms with Crippen LogP contribution in [-0.2, 0) is 16.0 Å². The summed E-state index contributed by atoms with van der Waals surface area (Å²) < 4.78 is 5.42. The van der Waals surface area contributed by atoms with Crippen LogP contribution in [0.5, 0.6) is 0 Å². The second-order valence-electron chi connectivity index (χ2n) is 5.80. The van der Waals surface area contributed by atoms with Gasteiger partial charge in [0.1, 0.15) is 6.61 Å². The Balaban J connectivity index is 2.59. The fourth-order valence-electron chi connectivity index (χ4n) is 1.74. The minimum absolute atomic E-state index is 0.00690. The summed E-state index contributed by atoms with van der Waals surface area (Å²) in [5.74, 6) is -0.224. The van der Waals surface area contributed by atoms with Gasteiger partial charge in [0, 0.05) is 0 Å². The van der Waals surface area contributed by atoms with Crippen LogP contribution in [0, 0.1) is 0 Å². The Morgan fingerprint density at radius 2 is 1.90 bits per heavy atom. The van der Waals surface area contributed by atoms with Crippen LogP contribution in [0.25, 0.3) is 0 Å². The molecule has 2 N–H and O–H groups in total. The quantitative estimate of drug-likeness (QED) is 0.839.